The number of unbranched alkanes of at least 4 members (excludes halogenated alkanes) is 1. The van der Waals surface area contributed by atoms with Crippen molar-refractivity contribution in [2.45, 2.75) is 70.9 Å². The molecule has 0 amide bonds. The Balaban J connectivity index is 1.99. The zero-order valence-corrected chi connectivity index (χ0v) is 11.3. The van der Waals surface area contributed by atoms with Gasteiger partial charge in [-0.05, 0) is 45.1 Å². The molecule has 0 aromatic carbocycles. The van der Waals surface area contributed by atoms with Gasteiger partial charge in [0.05, 0.1) is 6.10 Å². The molecule has 0 radical (unpaired) electrons. The highest BCUT2D eigenvalue weighted by molar-refractivity contribution is 4.69. The summed E-state index contributed by atoms with van der Waals surface area (Å²) >= 11 is 0. The summed E-state index contributed by atoms with van der Waals surface area (Å²) in [5.74, 6) is 0.801. The van der Waals surface area contributed by atoms with Gasteiger partial charge in [-0.2, -0.15) is 0 Å². The SMILES string of the molecule is CNC(CCCCC1CCCO1)CC(C)C. The molecule has 2 atom stereocenters. The van der Waals surface area contributed by atoms with Crippen LogP contribution >= 0.6 is 0 Å². The van der Waals surface area contributed by atoms with Gasteiger partial charge in [0.15, 0.2) is 0 Å². The lowest BCUT2D eigenvalue weighted by molar-refractivity contribution is 0.101. The quantitative estimate of drug-likeness (QED) is 0.642. The monoisotopic (exact) mass is 227 g/mol. The van der Waals surface area contributed by atoms with Crippen molar-refractivity contribution in [3.8, 4) is 0 Å². The highest BCUT2D eigenvalue weighted by Gasteiger charge is 2.15. The zero-order chi connectivity index (χ0) is 11.8. The van der Waals surface area contributed by atoms with Crippen molar-refractivity contribution in [1.29, 1.82) is 0 Å². The Morgan fingerprint density at radius 1 is 1.31 bits per heavy atom. The molecule has 0 aromatic heterocycles. The third-order valence-electron chi connectivity index (χ3n) is 3.52. The van der Waals surface area contributed by atoms with E-state index >= 15 is 0 Å². The first-order chi connectivity index (χ1) is 7.72. The largest absolute Gasteiger partial charge is 0.378 e. The highest BCUT2D eigenvalue weighted by atomic mass is 16.5. The number of rotatable bonds is 8. The molecule has 0 spiro atoms. The Bertz CT molecular complexity index is 164. The van der Waals surface area contributed by atoms with Gasteiger partial charge in [0.1, 0.15) is 0 Å². The molecule has 1 rings (SSSR count). The van der Waals surface area contributed by atoms with Crippen LogP contribution in [0.1, 0.15) is 58.8 Å². The summed E-state index contributed by atoms with van der Waals surface area (Å²) < 4.78 is 5.64. The molecule has 1 heterocycles. The van der Waals surface area contributed by atoms with Gasteiger partial charge in [-0.15, -0.1) is 0 Å². The van der Waals surface area contributed by atoms with Crippen molar-refractivity contribution in [3.63, 3.8) is 0 Å². The van der Waals surface area contributed by atoms with Gasteiger partial charge in [-0.1, -0.05) is 26.7 Å². The molecule has 2 unspecified atom stereocenters. The van der Waals surface area contributed by atoms with Gasteiger partial charge < -0.3 is 10.1 Å². The minimum absolute atomic E-state index is 0.582. The lowest BCUT2D eigenvalue weighted by atomic mass is 9.98. The molecule has 0 bridgehead atoms. The summed E-state index contributed by atoms with van der Waals surface area (Å²) in [6, 6.07) is 0.712. The van der Waals surface area contributed by atoms with Crippen LogP contribution in [-0.4, -0.2) is 25.8 Å². The second-order valence-electron chi connectivity index (χ2n) is 5.53. The van der Waals surface area contributed by atoms with Gasteiger partial charge in [0.2, 0.25) is 0 Å². The molecular weight excluding hydrogens is 198 g/mol. The fourth-order valence-corrected chi connectivity index (χ4v) is 2.58. The van der Waals surface area contributed by atoms with Crippen LogP contribution in [0.5, 0.6) is 0 Å². The van der Waals surface area contributed by atoms with Gasteiger partial charge >= 0.3 is 0 Å². The summed E-state index contributed by atoms with van der Waals surface area (Å²) in [4.78, 5) is 0. The second-order valence-corrected chi connectivity index (χ2v) is 5.53. The molecule has 1 N–H and O–H groups in total. The molecule has 0 saturated carbocycles. The standard InChI is InChI=1S/C14H29NO/c1-12(2)11-13(15-3)7-4-5-8-14-9-6-10-16-14/h12-15H,4-11H2,1-3H3. The van der Waals surface area contributed by atoms with E-state index in [0.29, 0.717) is 12.1 Å². The van der Waals surface area contributed by atoms with Crippen LogP contribution < -0.4 is 5.32 Å². The fourth-order valence-electron chi connectivity index (χ4n) is 2.58. The van der Waals surface area contributed by atoms with Crippen LogP contribution in [0.2, 0.25) is 0 Å². The molecule has 1 saturated heterocycles. The van der Waals surface area contributed by atoms with Crippen LogP contribution in [0.15, 0.2) is 0 Å². The van der Waals surface area contributed by atoms with E-state index in [1.54, 1.807) is 0 Å². The van der Waals surface area contributed by atoms with E-state index in [2.05, 4.69) is 26.2 Å². The average Bonchev–Trinajstić information content (AvgIpc) is 2.74. The van der Waals surface area contributed by atoms with E-state index in [1.165, 1.54) is 44.9 Å². The molecule has 0 aliphatic carbocycles. The number of nitrogens with one attached hydrogen (secondary N) is 1. The third-order valence-corrected chi connectivity index (χ3v) is 3.52. The van der Waals surface area contributed by atoms with E-state index < -0.39 is 0 Å². The minimum atomic E-state index is 0.582. The Kier molecular flexibility index (Phi) is 7.06. The van der Waals surface area contributed by atoms with Gasteiger partial charge in [-0.3, -0.25) is 0 Å². The van der Waals surface area contributed by atoms with Crippen LogP contribution in [0.3, 0.4) is 0 Å². The van der Waals surface area contributed by atoms with Crippen LogP contribution in [0, 0.1) is 5.92 Å². The van der Waals surface area contributed by atoms with Crippen LogP contribution in [-0.2, 0) is 4.74 Å². The summed E-state index contributed by atoms with van der Waals surface area (Å²) in [6.45, 7) is 5.60. The average molecular weight is 227 g/mol. The maximum Gasteiger partial charge on any atom is 0.0576 e. The lowest BCUT2D eigenvalue weighted by Crippen LogP contribution is -2.26. The van der Waals surface area contributed by atoms with Crippen molar-refractivity contribution >= 4 is 0 Å². The molecule has 96 valence electrons. The van der Waals surface area contributed by atoms with E-state index in [1.807, 2.05) is 0 Å². The van der Waals surface area contributed by atoms with Crippen LogP contribution in [0.25, 0.3) is 0 Å². The van der Waals surface area contributed by atoms with Crippen molar-refractivity contribution in [3.05, 3.63) is 0 Å². The zero-order valence-electron chi connectivity index (χ0n) is 11.3. The summed E-state index contributed by atoms with van der Waals surface area (Å²) in [7, 11) is 2.09. The smallest absolute Gasteiger partial charge is 0.0576 e. The first-order valence-electron chi connectivity index (χ1n) is 7.01. The Hall–Kier alpha value is -0.0800. The van der Waals surface area contributed by atoms with E-state index in [-0.39, 0.29) is 0 Å². The summed E-state index contributed by atoms with van der Waals surface area (Å²) in [5, 5.41) is 3.43. The Labute approximate surface area is 101 Å². The topological polar surface area (TPSA) is 21.3 Å². The van der Waals surface area contributed by atoms with Crippen molar-refractivity contribution in [2.75, 3.05) is 13.7 Å². The molecule has 1 aliphatic heterocycles. The lowest BCUT2D eigenvalue weighted by Gasteiger charge is -2.18. The van der Waals surface area contributed by atoms with Crippen molar-refractivity contribution in [1.82, 2.24) is 5.32 Å². The summed E-state index contributed by atoms with van der Waals surface area (Å²) in [6.07, 6.45) is 9.73. The maximum atomic E-state index is 5.64. The van der Waals surface area contributed by atoms with E-state index in [0.717, 1.165) is 12.5 Å². The number of hydrogen-bond acceptors (Lipinski definition) is 2. The Morgan fingerprint density at radius 3 is 2.69 bits per heavy atom. The molecular formula is C14H29NO. The molecule has 2 heteroatoms. The molecule has 16 heavy (non-hydrogen) atoms. The number of hydrogen-bond donors (Lipinski definition) is 1. The van der Waals surface area contributed by atoms with E-state index in [9.17, 15) is 0 Å². The van der Waals surface area contributed by atoms with Crippen LogP contribution in [0.4, 0.5) is 0 Å². The molecule has 1 aliphatic rings. The van der Waals surface area contributed by atoms with E-state index in [4.69, 9.17) is 4.74 Å². The van der Waals surface area contributed by atoms with Gasteiger partial charge in [0.25, 0.3) is 0 Å². The summed E-state index contributed by atoms with van der Waals surface area (Å²) in [5.41, 5.74) is 0. The first-order valence-corrected chi connectivity index (χ1v) is 7.01. The third kappa shape index (κ3) is 5.86. The highest BCUT2D eigenvalue weighted by Crippen LogP contribution is 2.19. The van der Waals surface area contributed by atoms with Gasteiger partial charge in [0, 0.05) is 12.6 Å². The minimum Gasteiger partial charge on any atom is -0.378 e. The maximum absolute atomic E-state index is 5.64. The normalized spacial score (nSPS) is 22.9. The molecule has 1 fully saturated rings. The van der Waals surface area contributed by atoms with Gasteiger partial charge in [-0.25, -0.2) is 0 Å². The molecule has 0 aromatic rings. The van der Waals surface area contributed by atoms with Crippen molar-refractivity contribution < 1.29 is 4.74 Å². The number of ether oxygens (including phenoxy) is 1. The fraction of sp³-hybridized carbons (Fsp3) is 1.00. The Morgan fingerprint density at radius 2 is 2.12 bits per heavy atom. The second kappa shape index (κ2) is 8.08. The molecule has 2 nitrogen and oxygen atoms in total. The first kappa shape index (κ1) is 14.0. The predicted octanol–water partition coefficient (Wildman–Crippen LogP) is 3.36. The van der Waals surface area contributed by atoms with Crippen molar-refractivity contribution in [2.24, 2.45) is 5.92 Å². The predicted molar refractivity (Wildman–Crippen MR) is 69.7 cm³/mol.